The number of hydrogen-bond acceptors (Lipinski definition) is 5. The van der Waals surface area contributed by atoms with Gasteiger partial charge in [0.15, 0.2) is 0 Å². The molecule has 0 bridgehead atoms. The Morgan fingerprint density at radius 2 is 1.32 bits per heavy atom. The van der Waals surface area contributed by atoms with Crippen molar-refractivity contribution in [2.45, 2.75) is 21.3 Å². The van der Waals surface area contributed by atoms with Gasteiger partial charge in [0.1, 0.15) is 0 Å². The maximum Gasteiger partial charge on any atom is 0.0265 e. The third kappa shape index (κ3) is 67.5. The van der Waals surface area contributed by atoms with Gasteiger partial charge in [0, 0.05) is 133 Å². The second-order valence-corrected chi connectivity index (χ2v) is 2.37. The van der Waals surface area contributed by atoms with Gasteiger partial charge in [-0.2, -0.15) is 6.41 Å². The van der Waals surface area contributed by atoms with Gasteiger partial charge in [0.25, 0.3) is 0 Å². The van der Waals surface area contributed by atoms with E-state index in [2.05, 4.69) is 4.74 Å². The standard InChI is InChI=1S/C5H7NO2.C4H4O3.CH4.2V.4W/c1-5(8)3-6(2)4-7;1-4(6)2-7-3-5;;;;;;;/h3H,1-2H3;2H,1H3;1H4;;;;;;/q2*-2;;;;;;;. The summed E-state index contributed by atoms with van der Waals surface area (Å²) in [5, 5.41) is 0. The fraction of sp³-hybridized carbons (Fsp3) is 0.400. The molecule has 22 heavy (non-hydrogen) atoms. The van der Waals surface area contributed by atoms with E-state index < -0.39 is 0 Å². The number of nitrogens with zero attached hydrogens (tertiary/aromatic N) is 1. The number of ether oxygens (including phenoxy) is 1. The summed E-state index contributed by atoms with van der Waals surface area (Å²) < 4.78 is 3.81. The van der Waals surface area contributed by atoms with Gasteiger partial charge >= 0.3 is 0 Å². The summed E-state index contributed by atoms with van der Waals surface area (Å²) in [5.74, 6) is -0.459. The number of Topliss-reactive ketones (excluding diaryl/α,β-unsaturated/α-hetero) is 2. The summed E-state index contributed by atoms with van der Waals surface area (Å²) in [7, 11) is 1.45. The van der Waals surface area contributed by atoms with Crippen LogP contribution < -0.4 is 0 Å². The molecule has 0 fully saturated rings. The predicted molar refractivity (Wildman–Crippen MR) is 56.9 cm³/mol. The molecule has 0 aliphatic carbocycles. The van der Waals surface area contributed by atoms with Crippen LogP contribution in [0.25, 0.3) is 0 Å². The minimum absolute atomic E-state index is 0. The van der Waals surface area contributed by atoms with E-state index in [9.17, 15) is 19.2 Å². The molecule has 0 saturated heterocycles. The van der Waals surface area contributed by atoms with E-state index >= 15 is 0 Å². The Kier molecular flexibility index (Phi) is 112. The molecular weight excluding hydrogens is 1050 g/mol. The molecule has 0 heterocycles. The van der Waals surface area contributed by atoms with E-state index in [0.29, 0.717) is 0 Å². The molecule has 12 heteroatoms. The third-order valence-corrected chi connectivity index (χ3v) is 0.792. The Hall–Kier alpha value is 1.94. The molecule has 6 nitrogen and oxygen atoms in total. The average Bonchev–Trinajstić information content (AvgIpc) is 2.14. The number of amides is 1. The molecule has 128 valence electrons. The Bertz CT molecular complexity index is 251. The number of hydrogen-bond donors (Lipinski definition) is 0. The first-order chi connectivity index (χ1) is 6.93. The number of carbonyl (C=O) groups excluding carboxylic acids is 4. The van der Waals surface area contributed by atoms with Crippen molar-refractivity contribution in [3.63, 3.8) is 0 Å². The topological polar surface area (TPSA) is 80.8 Å². The molecule has 0 aromatic carbocycles. The predicted octanol–water partition coefficient (Wildman–Crippen LogP) is 0.178. The van der Waals surface area contributed by atoms with Gasteiger partial charge in [-0.1, -0.05) is 7.43 Å². The summed E-state index contributed by atoms with van der Waals surface area (Å²) in [4.78, 5) is 39.9. The van der Waals surface area contributed by atoms with Gasteiger partial charge in [-0.15, -0.1) is 6.47 Å². The average molecular weight is 1070 g/mol. The van der Waals surface area contributed by atoms with Gasteiger partial charge in [0.2, 0.25) is 0 Å². The molecular formula is C10H15NO5V2W4-4. The van der Waals surface area contributed by atoms with Gasteiger partial charge in [-0.3, -0.25) is 6.54 Å². The summed E-state index contributed by atoms with van der Waals surface area (Å²) in [5.41, 5.74) is 0. The van der Waals surface area contributed by atoms with Crippen molar-refractivity contribution in [1.29, 1.82) is 0 Å². The second-order valence-electron chi connectivity index (χ2n) is 2.37. The van der Waals surface area contributed by atoms with Crippen molar-refractivity contribution < 1.29 is 145 Å². The molecule has 0 atom stereocenters. The van der Waals surface area contributed by atoms with E-state index in [1.807, 2.05) is 0 Å². The Morgan fingerprint density at radius 1 is 0.955 bits per heavy atom. The van der Waals surface area contributed by atoms with E-state index in [-0.39, 0.29) is 140 Å². The van der Waals surface area contributed by atoms with Crippen LogP contribution in [0, 0.1) is 13.2 Å². The Labute approximate surface area is 213 Å². The zero-order valence-electron chi connectivity index (χ0n) is 11.2. The number of rotatable bonds is 6. The minimum Gasteiger partial charge on any atom is -0.791 e. The molecule has 0 aromatic rings. The summed E-state index contributed by atoms with van der Waals surface area (Å²) in [6.45, 7) is 5.66. The molecule has 0 saturated carbocycles. The molecule has 1 amide bonds. The molecule has 0 aromatic heterocycles. The SMILES string of the molecule is C.CC(=O)[CH-]N(C)[C-]=O.CC(=O)[CH-]O[C-]=O.[V].[V].[W].[W].[W].[W]. The van der Waals surface area contributed by atoms with Crippen LogP contribution >= 0.6 is 0 Å². The van der Waals surface area contributed by atoms with Crippen LogP contribution in [0.3, 0.4) is 0 Å². The van der Waals surface area contributed by atoms with E-state index in [1.54, 1.807) is 0 Å². The van der Waals surface area contributed by atoms with Crippen molar-refractivity contribution in [3.8, 4) is 0 Å². The summed E-state index contributed by atoms with van der Waals surface area (Å²) in [6, 6.07) is 0. The Balaban J connectivity index is -0.0000000167. The molecule has 0 spiro atoms. The molecule has 2 radical (unpaired) electrons. The normalized spacial score (nSPS) is 5.05. The second kappa shape index (κ2) is 43.5. The van der Waals surface area contributed by atoms with Gasteiger partial charge in [-0.05, 0) is 20.9 Å². The van der Waals surface area contributed by atoms with Crippen LogP contribution in [-0.2, 0) is 145 Å². The van der Waals surface area contributed by atoms with Crippen LogP contribution in [0.15, 0.2) is 0 Å². The van der Waals surface area contributed by atoms with Crippen molar-refractivity contribution >= 4 is 24.4 Å². The van der Waals surface area contributed by atoms with Crippen LogP contribution in [0.5, 0.6) is 0 Å². The van der Waals surface area contributed by atoms with Crippen LogP contribution in [0.4, 0.5) is 0 Å². The largest absolute Gasteiger partial charge is 0.791 e. The van der Waals surface area contributed by atoms with Crippen molar-refractivity contribution in [1.82, 2.24) is 4.90 Å². The minimum atomic E-state index is -0.302. The summed E-state index contributed by atoms with van der Waals surface area (Å²) >= 11 is 0. The summed E-state index contributed by atoms with van der Waals surface area (Å²) in [6.07, 6.45) is 1.50. The van der Waals surface area contributed by atoms with Gasteiger partial charge in [-0.25, -0.2) is 6.61 Å². The third-order valence-electron chi connectivity index (χ3n) is 0.792. The first kappa shape index (κ1) is 56.4. The molecule has 0 N–H and O–H groups in total. The number of likely N-dealkylation sites (N-methyl/N-ethyl adjacent to an activating group) is 1. The van der Waals surface area contributed by atoms with E-state index in [4.69, 9.17) is 0 Å². The van der Waals surface area contributed by atoms with E-state index in [0.717, 1.165) is 24.5 Å². The Morgan fingerprint density at radius 3 is 1.41 bits per heavy atom. The molecule has 0 aliphatic rings. The number of ketones is 2. The van der Waals surface area contributed by atoms with E-state index in [1.165, 1.54) is 27.3 Å². The van der Waals surface area contributed by atoms with Crippen molar-refractivity contribution in [2.24, 2.45) is 0 Å². The first-order valence-corrected chi connectivity index (χ1v) is 3.76. The quantitative estimate of drug-likeness (QED) is 0.281. The van der Waals surface area contributed by atoms with Gasteiger partial charge in [0.05, 0.1) is 0 Å². The molecule has 0 aliphatic heterocycles. The fourth-order valence-electron chi connectivity index (χ4n) is 0.406. The molecule has 0 unspecified atom stereocenters. The molecule has 0 rings (SSSR count). The van der Waals surface area contributed by atoms with Crippen molar-refractivity contribution in [3.05, 3.63) is 13.2 Å². The van der Waals surface area contributed by atoms with Crippen LogP contribution in [0.1, 0.15) is 21.3 Å². The van der Waals surface area contributed by atoms with Gasteiger partial charge < -0.3 is 28.8 Å². The zero-order valence-corrected chi connectivity index (χ0v) is 25.7. The monoisotopic (exact) mass is 1070 g/mol. The smallest absolute Gasteiger partial charge is 0.0265 e. The maximum atomic E-state index is 10.1. The first-order valence-electron chi connectivity index (χ1n) is 3.76. The maximum absolute atomic E-state index is 10.1. The van der Waals surface area contributed by atoms with Crippen LogP contribution in [-0.4, -0.2) is 36.4 Å². The zero-order chi connectivity index (χ0) is 12.3. The van der Waals surface area contributed by atoms with Crippen molar-refractivity contribution in [2.75, 3.05) is 7.05 Å². The number of carbonyl (C=O) groups is 2. The fourth-order valence-corrected chi connectivity index (χ4v) is 0.406. The van der Waals surface area contributed by atoms with Crippen LogP contribution in [0.2, 0.25) is 0 Å².